The van der Waals surface area contributed by atoms with Gasteiger partial charge in [0.15, 0.2) is 0 Å². The summed E-state index contributed by atoms with van der Waals surface area (Å²) >= 11 is -2.24. The van der Waals surface area contributed by atoms with Crippen LogP contribution in [0.3, 0.4) is 0 Å². The van der Waals surface area contributed by atoms with Crippen molar-refractivity contribution in [2.45, 2.75) is 20.3 Å². The van der Waals surface area contributed by atoms with Crippen LogP contribution in [0.5, 0.6) is 5.75 Å². The van der Waals surface area contributed by atoms with E-state index in [1.807, 2.05) is 26.0 Å². The fourth-order valence-corrected chi connectivity index (χ4v) is 1.46. The zero-order valence-corrected chi connectivity index (χ0v) is 8.43. The van der Waals surface area contributed by atoms with E-state index >= 15 is 0 Å². The molecular weight excluding hydrogens is 188 g/mol. The van der Waals surface area contributed by atoms with Crippen LogP contribution in [0.4, 0.5) is 0 Å². The Kier molecular flexibility index (Phi) is 3.45. The van der Waals surface area contributed by atoms with Crippen LogP contribution in [0.15, 0.2) is 18.2 Å². The summed E-state index contributed by atoms with van der Waals surface area (Å²) in [7, 11) is 0. The fraction of sp³-hybridized carbons (Fsp3) is 0.333. The van der Waals surface area contributed by atoms with E-state index in [9.17, 15) is 4.21 Å². The first-order chi connectivity index (χ1) is 6.13. The first-order valence-corrected chi connectivity index (χ1v) is 5.05. The van der Waals surface area contributed by atoms with Gasteiger partial charge in [-0.1, -0.05) is 24.6 Å². The number of hydrogen-bond donors (Lipinski definition) is 1. The second kappa shape index (κ2) is 4.39. The summed E-state index contributed by atoms with van der Waals surface area (Å²) in [5, 5.41) is 0. The van der Waals surface area contributed by atoms with Gasteiger partial charge in [-0.25, -0.2) is 0 Å². The Labute approximate surface area is 80.2 Å². The summed E-state index contributed by atoms with van der Waals surface area (Å²) in [6.45, 7) is 3.95. The summed E-state index contributed by atoms with van der Waals surface area (Å²) < 4.78 is 23.7. The minimum absolute atomic E-state index is 0.480. The quantitative estimate of drug-likeness (QED) is 0.760. The van der Waals surface area contributed by atoms with Crippen molar-refractivity contribution in [2.75, 3.05) is 0 Å². The summed E-state index contributed by atoms with van der Waals surface area (Å²) in [6.07, 6.45) is 0.786. The molecule has 0 spiro atoms. The molecule has 0 saturated carbocycles. The zero-order valence-electron chi connectivity index (χ0n) is 7.61. The van der Waals surface area contributed by atoms with E-state index in [1.165, 1.54) is 0 Å². The van der Waals surface area contributed by atoms with Gasteiger partial charge in [0.2, 0.25) is 0 Å². The second-order valence-electron chi connectivity index (χ2n) is 2.77. The van der Waals surface area contributed by atoms with Crippen molar-refractivity contribution >= 4 is 11.4 Å². The van der Waals surface area contributed by atoms with E-state index in [1.54, 1.807) is 6.07 Å². The van der Waals surface area contributed by atoms with Crippen LogP contribution in [0.25, 0.3) is 0 Å². The van der Waals surface area contributed by atoms with Crippen molar-refractivity contribution in [1.29, 1.82) is 0 Å². The van der Waals surface area contributed by atoms with Crippen LogP contribution >= 0.6 is 0 Å². The third kappa shape index (κ3) is 2.82. The van der Waals surface area contributed by atoms with Gasteiger partial charge in [0.05, 0.1) is 0 Å². The minimum Gasteiger partial charge on any atom is -0.380 e. The Morgan fingerprint density at radius 3 is 2.77 bits per heavy atom. The maximum Gasteiger partial charge on any atom is 0.357 e. The van der Waals surface area contributed by atoms with Crippen LogP contribution in [0, 0.1) is 6.92 Å². The second-order valence-corrected chi connectivity index (χ2v) is 3.37. The average molecular weight is 200 g/mol. The van der Waals surface area contributed by atoms with Crippen molar-refractivity contribution < 1.29 is 12.9 Å². The molecule has 1 N–H and O–H groups in total. The Morgan fingerprint density at radius 1 is 1.54 bits per heavy atom. The molecule has 0 saturated heterocycles. The lowest BCUT2D eigenvalue weighted by molar-refractivity contribution is 0.455. The molecule has 0 fully saturated rings. The van der Waals surface area contributed by atoms with Crippen molar-refractivity contribution in [3.05, 3.63) is 29.3 Å². The fourth-order valence-electron chi connectivity index (χ4n) is 1.14. The van der Waals surface area contributed by atoms with Gasteiger partial charge in [0, 0.05) is 0 Å². The molecule has 0 bridgehead atoms. The highest BCUT2D eigenvalue weighted by Crippen LogP contribution is 2.20. The van der Waals surface area contributed by atoms with E-state index in [4.69, 9.17) is 8.74 Å². The number of aryl methyl sites for hydroxylation is 2. The molecule has 0 aliphatic carbocycles. The topological polar surface area (TPSA) is 46.5 Å². The summed E-state index contributed by atoms with van der Waals surface area (Å²) in [5.74, 6) is 0.480. The lowest BCUT2D eigenvalue weighted by Crippen LogP contribution is -2.00. The van der Waals surface area contributed by atoms with Gasteiger partial charge in [-0.15, -0.1) is 0 Å². The van der Waals surface area contributed by atoms with Crippen LogP contribution < -0.4 is 4.18 Å². The largest absolute Gasteiger partial charge is 0.380 e. The highest BCUT2D eigenvalue weighted by molar-refractivity contribution is 7.74. The standard InChI is InChI=1S/C9H12O3S/c1-3-8-6-7(2)4-5-9(8)12-13(10)11/h4-6H,3H2,1-2H3,(H,10,11). The molecule has 0 heterocycles. The molecule has 3 nitrogen and oxygen atoms in total. The monoisotopic (exact) mass is 200 g/mol. The Balaban J connectivity index is 2.99. The first-order valence-electron chi connectivity index (χ1n) is 4.02. The Hall–Kier alpha value is -0.870. The molecule has 1 rings (SSSR count). The smallest absolute Gasteiger partial charge is 0.357 e. The first kappa shape index (κ1) is 10.2. The van der Waals surface area contributed by atoms with Crippen molar-refractivity contribution in [1.82, 2.24) is 0 Å². The van der Waals surface area contributed by atoms with E-state index in [0.29, 0.717) is 5.75 Å². The van der Waals surface area contributed by atoms with E-state index < -0.39 is 11.4 Å². The Bertz CT molecular complexity index is 323. The molecule has 0 amide bonds. The highest BCUT2D eigenvalue weighted by atomic mass is 32.2. The molecular formula is C9H12O3S. The van der Waals surface area contributed by atoms with Crippen LogP contribution in [0.2, 0.25) is 0 Å². The van der Waals surface area contributed by atoms with Crippen LogP contribution in [0.1, 0.15) is 18.1 Å². The summed E-state index contributed by atoms with van der Waals surface area (Å²) in [6, 6.07) is 5.51. The molecule has 72 valence electrons. The molecule has 0 radical (unpaired) electrons. The lowest BCUT2D eigenvalue weighted by atomic mass is 10.1. The van der Waals surface area contributed by atoms with Gasteiger partial charge < -0.3 is 4.18 Å². The normalized spacial score (nSPS) is 12.5. The van der Waals surface area contributed by atoms with Crippen LogP contribution in [-0.2, 0) is 17.8 Å². The molecule has 1 aromatic carbocycles. The predicted octanol–water partition coefficient (Wildman–Crippen LogP) is 2.07. The third-order valence-electron chi connectivity index (χ3n) is 1.76. The number of benzene rings is 1. The van der Waals surface area contributed by atoms with Crippen molar-refractivity contribution in [3.8, 4) is 5.75 Å². The van der Waals surface area contributed by atoms with Gasteiger partial charge in [-0.3, -0.25) is 4.55 Å². The highest BCUT2D eigenvalue weighted by Gasteiger charge is 2.04. The van der Waals surface area contributed by atoms with Gasteiger partial charge in [0.25, 0.3) is 0 Å². The third-order valence-corrected chi connectivity index (χ3v) is 2.08. The molecule has 1 unspecified atom stereocenters. The van der Waals surface area contributed by atoms with Crippen molar-refractivity contribution in [2.24, 2.45) is 0 Å². The molecule has 0 aliphatic rings. The van der Waals surface area contributed by atoms with Crippen LogP contribution in [-0.4, -0.2) is 8.76 Å². The summed E-state index contributed by atoms with van der Waals surface area (Å²) in [5.41, 5.74) is 2.07. The van der Waals surface area contributed by atoms with E-state index in [0.717, 1.165) is 17.5 Å². The van der Waals surface area contributed by atoms with Gasteiger partial charge in [-0.05, 0) is 25.0 Å². The lowest BCUT2D eigenvalue weighted by Gasteiger charge is -2.06. The van der Waals surface area contributed by atoms with E-state index in [-0.39, 0.29) is 0 Å². The molecule has 1 atom stereocenters. The minimum atomic E-state index is -2.24. The van der Waals surface area contributed by atoms with Crippen molar-refractivity contribution in [3.63, 3.8) is 0 Å². The van der Waals surface area contributed by atoms with Gasteiger partial charge in [0.1, 0.15) is 5.75 Å². The molecule has 0 aliphatic heterocycles. The summed E-state index contributed by atoms with van der Waals surface area (Å²) in [4.78, 5) is 0. The molecule has 13 heavy (non-hydrogen) atoms. The number of hydrogen-bond acceptors (Lipinski definition) is 2. The maximum absolute atomic E-state index is 10.4. The Morgan fingerprint density at radius 2 is 2.23 bits per heavy atom. The molecule has 4 heteroatoms. The zero-order chi connectivity index (χ0) is 9.84. The van der Waals surface area contributed by atoms with E-state index in [2.05, 4.69) is 0 Å². The average Bonchev–Trinajstić information content (AvgIpc) is 2.07. The predicted molar refractivity (Wildman–Crippen MR) is 52.0 cm³/mol. The van der Waals surface area contributed by atoms with Gasteiger partial charge >= 0.3 is 11.4 Å². The maximum atomic E-state index is 10.4. The number of rotatable bonds is 3. The SMILES string of the molecule is CCc1cc(C)ccc1OS(=O)O. The molecule has 0 aromatic heterocycles. The van der Waals surface area contributed by atoms with Gasteiger partial charge in [-0.2, -0.15) is 4.21 Å². The molecule has 1 aromatic rings.